The fraction of sp³-hybridized carbons (Fsp3) is 0.325. The number of nitrogens with one attached hydrogen (secondary N) is 2. The molecule has 1 atom stereocenters. The zero-order chi connectivity index (χ0) is 41.9. The van der Waals surface area contributed by atoms with Gasteiger partial charge in [0.2, 0.25) is 20.0 Å². The average Bonchev–Trinajstić information content (AvgIpc) is 4.07. The minimum absolute atomic E-state index is 0.0309. The van der Waals surface area contributed by atoms with Crippen LogP contribution in [0.3, 0.4) is 0 Å². The van der Waals surface area contributed by atoms with E-state index in [1.54, 1.807) is 92.7 Å². The molecule has 0 saturated carbocycles. The zero-order valence-electron chi connectivity index (χ0n) is 33.3. The molecule has 20 heteroatoms. The van der Waals surface area contributed by atoms with Gasteiger partial charge in [-0.2, -0.15) is 9.40 Å². The largest absolute Gasteiger partial charge is 0.497 e. The molecule has 8 rings (SSSR count). The van der Waals surface area contributed by atoms with E-state index in [1.165, 1.54) is 21.4 Å². The Balaban J connectivity index is 1.36. The predicted molar refractivity (Wildman–Crippen MR) is 220 cm³/mol. The molecule has 0 spiro atoms. The summed E-state index contributed by atoms with van der Waals surface area (Å²) in [6.07, 6.45) is 2.00. The lowest BCUT2D eigenvalue weighted by molar-refractivity contribution is 0.396. The van der Waals surface area contributed by atoms with Crippen molar-refractivity contribution in [2.75, 3.05) is 45.9 Å². The van der Waals surface area contributed by atoms with Crippen molar-refractivity contribution < 1.29 is 31.0 Å². The van der Waals surface area contributed by atoms with Crippen LogP contribution in [0.2, 0.25) is 0 Å². The minimum atomic E-state index is -4.79. The molecule has 60 heavy (non-hydrogen) atoms. The topological polar surface area (TPSA) is 201 Å². The molecule has 0 unspecified atom stereocenters. The van der Waals surface area contributed by atoms with E-state index < -0.39 is 35.9 Å². The van der Waals surface area contributed by atoms with Crippen LogP contribution in [-0.2, 0) is 52.8 Å². The standard InChI is InChI=1S/C40H45N11O7S2/c1-56-32-10-4-28(5-11-32)23-49(24-29-6-12-33(57-2)13-7-29)60(54,55)39-36(59(52,53)45-31-18-19-41-22-31)17-16-35(48-20-21-50-37(26-48)42-27-43-50)38(39)40-44-46-47-51(40)25-30-8-14-34(58-3)15-9-30/h4-17,27,31,41,45H,18-26H2,1-3H3/t31-/m1/s1. The van der Waals surface area contributed by atoms with E-state index in [4.69, 9.17) is 14.2 Å². The Kier molecular flexibility index (Phi) is 11.8. The van der Waals surface area contributed by atoms with Crippen LogP contribution < -0.4 is 29.1 Å². The maximum Gasteiger partial charge on any atom is 0.245 e. The highest BCUT2D eigenvalue weighted by Crippen LogP contribution is 2.42. The Bertz CT molecular complexity index is 2600. The number of sulfonamides is 2. The van der Waals surface area contributed by atoms with Crippen molar-refractivity contribution in [1.82, 2.24) is 49.3 Å². The molecular weight excluding hydrogens is 811 g/mol. The Hall–Kier alpha value is -5.93. The number of nitrogens with zero attached hydrogens (tertiary/aromatic N) is 9. The number of rotatable bonds is 16. The van der Waals surface area contributed by atoms with Crippen molar-refractivity contribution in [2.24, 2.45) is 0 Å². The Morgan fingerprint density at radius 2 is 1.42 bits per heavy atom. The lowest BCUT2D eigenvalue weighted by Crippen LogP contribution is -2.39. The maximum absolute atomic E-state index is 16.0. The van der Waals surface area contributed by atoms with Crippen LogP contribution in [0, 0.1) is 0 Å². The van der Waals surface area contributed by atoms with E-state index in [9.17, 15) is 8.42 Å². The summed E-state index contributed by atoms with van der Waals surface area (Å²) in [7, 11) is -4.61. The molecular formula is C40H45N11O7S2. The summed E-state index contributed by atoms with van der Waals surface area (Å²) in [6, 6.07) is 23.9. The van der Waals surface area contributed by atoms with Crippen LogP contribution in [0.4, 0.5) is 5.69 Å². The molecule has 1 saturated heterocycles. The molecule has 0 bridgehead atoms. The van der Waals surface area contributed by atoms with Crippen LogP contribution >= 0.6 is 0 Å². The zero-order valence-corrected chi connectivity index (χ0v) is 34.9. The van der Waals surface area contributed by atoms with Crippen LogP contribution in [-0.4, -0.2) is 103 Å². The van der Waals surface area contributed by atoms with Gasteiger partial charge in [-0.15, -0.1) is 5.10 Å². The Labute approximate surface area is 348 Å². The van der Waals surface area contributed by atoms with Gasteiger partial charge in [0.05, 0.1) is 46.5 Å². The van der Waals surface area contributed by atoms with Gasteiger partial charge < -0.3 is 24.4 Å². The van der Waals surface area contributed by atoms with Crippen molar-refractivity contribution in [3.05, 3.63) is 114 Å². The predicted octanol–water partition coefficient (Wildman–Crippen LogP) is 3.06. The number of benzene rings is 4. The fourth-order valence-corrected chi connectivity index (χ4v) is 11.1. The summed E-state index contributed by atoms with van der Waals surface area (Å²) in [5, 5.41) is 20.3. The normalized spacial score (nSPS) is 15.6. The number of aromatic nitrogens is 7. The molecule has 18 nitrogen and oxygen atoms in total. The quantitative estimate of drug-likeness (QED) is 0.144. The first-order chi connectivity index (χ1) is 29.1. The van der Waals surface area contributed by atoms with E-state index in [2.05, 4.69) is 35.6 Å². The number of methoxy groups -OCH3 is 3. The first-order valence-electron chi connectivity index (χ1n) is 19.2. The minimum Gasteiger partial charge on any atom is -0.497 e. The lowest BCUT2D eigenvalue weighted by atomic mass is 10.1. The smallest absolute Gasteiger partial charge is 0.245 e. The van der Waals surface area contributed by atoms with Gasteiger partial charge in [0, 0.05) is 37.9 Å². The molecule has 0 radical (unpaired) electrons. The van der Waals surface area contributed by atoms with Crippen LogP contribution in [0.25, 0.3) is 11.4 Å². The second-order valence-corrected chi connectivity index (χ2v) is 18.0. The van der Waals surface area contributed by atoms with Gasteiger partial charge in [-0.25, -0.2) is 35.9 Å². The number of ether oxygens (including phenoxy) is 3. The molecule has 4 heterocycles. The van der Waals surface area contributed by atoms with Gasteiger partial charge >= 0.3 is 0 Å². The summed E-state index contributed by atoms with van der Waals surface area (Å²) in [5.74, 6) is 2.56. The highest BCUT2D eigenvalue weighted by Gasteiger charge is 2.40. The molecule has 2 N–H and O–H groups in total. The third kappa shape index (κ3) is 8.54. The molecule has 2 aromatic heterocycles. The SMILES string of the molecule is COc1ccc(CN(Cc2ccc(OC)cc2)S(=O)(=O)c2c(S(=O)(=O)N[C@@H]3CCNC3)ccc(N3CCn4ncnc4C3)c2-c2nnnn2Cc2ccc(OC)cc2)cc1. The van der Waals surface area contributed by atoms with Crippen molar-refractivity contribution in [3.8, 4) is 28.6 Å². The molecule has 314 valence electrons. The number of anilines is 1. The average molecular weight is 856 g/mol. The molecule has 4 aromatic carbocycles. The van der Waals surface area contributed by atoms with Crippen molar-refractivity contribution >= 4 is 25.7 Å². The highest BCUT2D eigenvalue weighted by atomic mass is 32.2. The summed E-state index contributed by atoms with van der Waals surface area (Å²) in [4.78, 5) is 5.50. The van der Waals surface area contributed by atoms with Gasteiger partial charge in [-0.3, -0.25) is 0 Å². The summed E-state index contributed by atoms with van der Waals surface area (Å²) in [6.45, 7) is 2.00. The Morgan fingerprint density at radius 1 is 0.800 bits per heavy atom. The Morgan fingerprint density at radius 3 is 2.00 bits per heavy atom. The van der Waals surface area contributed by atoms with Gasteiger partial charge in [-0.1, -0.05) is 36.4 Å². The van der Waals surface area contributed by atoms with Gasteiger partial charge in [0.15, 0.2) is 5.82 Å². The number of tetrazole rings is 1. The third-order valence-corrected chi connectivity index (χ3v) is 14.2. The monoisotopic (exact) mass is 855 g/mol. The third-order valence-electron chi connectivity index (χ3n) is 10.6. The summed E-state index contributed by atoms with van der Waals surface area (Å²) in [5.41, 5.74) is 2.52. The van der Waals surface area contributed by atoms with E-state index >= 15 is 8.42 Å². The molecule has 0 amide bonds. The second-order valence-electron chi connectivity index (χ2n) is 14.4. The number of hydrogen-bond acceptors (Lipinski definition) is 14. The van der Waals surface area contributed by atoms with E-state index in [-0.39, 0.29) is 37.6 Å². The highest BCUT2D eigenvalue weighted by molar-refractivity contribution is 7.92. The maximum atomic E-state index is 16.0. The van der Waals surface area contributed by atoms with E-state index in [0.717, 1.165) is 5.56 Å². The van der Waals surface area contributed by atoms with Gasteiger partial charge in [-0.05, 0) is 88.6 Å². The number of fused-ring (bicyclic) bond motifs is 1. The van der Waals surface area contributed by atoms with Crippen molar-refractivity contribution in [3.63, 3.8) is 0 Å². The summed E-state index contributed by atoms with van der Waals surface area (Å²) >= 11 is 0. The molecule has 2 aliphatic heterocycles. The first-order valence-corrected chi connectivity index (χ1v) is 22.2. The molecule has 6 aromatic rings. The molecule has 2 aliphatic rings. The number of hydrogen-bond donors (Lipinski definition) is 2. The van der Waals surface area contributed by atoms with E-state index in [0.29, 0.717) is 72.5 Å². The van der Waals surface area contributed by atoms with Crippen molar-refractivity contribution in [1.29, 1.82) is 0 Å². The lowest BCUT2D eigenvalue weighted by Gasteiger charge is -2.32. The van der Waals surface area contributed by atoms with Crippen LogP contribution in [0.5, 0.6) is 17.2 Å². The molecule has 0 aliphatic carbocycles. The summed E-state index contributed by atoms with van der Waals surface area (Å²) < 4.78 is 84.9. The van der Waals surface area contributed by atoms with Gasteiger partial charge in [0.25, 0.3) is 0 Å². The van der Waals surface area contributed by atoms with Crippen LogP contribution in [0.1, 0.15) is 28.9 Å². The van der Waals surface area contributed by atoms with Crippen LogP contribution in [0.15, 0.2) is 101 Å². The van der Waals surface area contributed by atoms with Gasteiger partial charge in [0.1, 0.15) is 39.2 Å². The first kappa shape index (κ1) is 40.8. The second kappa shape index (κ2) is 17.3. The fourth-order valence-electron chi connectivity index (χ4n) is 7.42. The van der Waals surface area contributed by atoms with E-state index in [1.807, 2.05) is 17.0 Å². The van der Waals surface area contributed by atoms with Crippen molar-refractivity contribution in [2.45, 2.75) is 55.0 Å². The molecule has 1 fully saturated rings.